The summed E-state index contributed by atoms with van der Waals surface area (Å²) in [6.07, 6.45) is 6.36. The van der Waals surface area contributed by atoms with Gasteiger partial charge < -0.3 is 5.11 Å². The Morgan fingerprint density at radius 1 is 1.38 bits per heavy atom. The first-order chi connectivity index (χ1) is 10.2. The number of hydrogen-bond donors (Lipinski definition) is 1. The van der Waals surface area contributed by atoms with E-state index in [4.69, 9.17) is 0 Å². The standard InChI is InChI=1S/C16H16N2O2S/c1-21-18-6-4-11-7-15(16(19)20)14(8-13(11)10-18)12-3-2-5-17-9-12/h2-3,5,7-9H,4,6,10H2,1H3,(H,19,20). The van der Waals surface area contributed by atoms with Crippen molar-refractivity contribution in [3.8, 4) is 11.1 Å². The predicted molar refractivity (Wildman–Crippen MR) is 84.3 cm³/mol. The highest BCUT2D eigenvalue weighted by atomic mass is 32.2. The van der Waals surface area contributed by atoms with Crippen molar-refractivity contribution in [1.82, 2.24) is 9.29 Å². The summed E-state index contributed by atoms with van der Waals surface area (Å²) in [6.45, 7) is 1.81. The second-order valence-electron chi connectivity index (χ2n) is 5.01. The van der Waals surface area contributed by atoms with Crippen LogP contribution >= 0.6 is 11.9 Å². The molecule has 0 atom stereocenters. The summed E-state index contributed by atoms with van der Waals surface area (Å²) >= 11 is 1.73. The second-order valence-corrected chi connectivity index (χ2v) is 5.89. The zero-order valence-electron chi connectivity index (χ0n) is 11.7. The number of carboxylic acids is 1. The van der Waals surface area contributed by atoms with Gasteiger partial charge in [0.2, 0.25) is 0 Å². The van der Waals surface area contributed by atoms with Crippen LogP contribution in [0.4, 0.5) is 0 Å². The van der Waals surface area contributed by atoms with Crippen LogP contribution in [-0.2, 0) is 13.0 Å². The minimum atomic E-state index is -0.885. The van der Waals surface area contributed by atoms with E-state index in [1.165, 1.54) is 5.56 Å². The van der Waals surface area contributed by atoms with E-state index < -0.39 is 5.97 Å². The molecule has 21 heavy (non-hydrogen) atoms. The van der Waals surface area contributed by atoms with Crippen molar-refractivity contribution in [2.45, 2.75) is 13.0 Å². The van der Waals surface area contributed by atoms with Crippen LogP contribution in [0.1, 0.15) is 21.5 Å². The molecule has 0 saturated heterocycles. The minimum Gasteiger partial charge on any atom is -0.478 e. The van der Waals surface area contributed by atoms with Gasteiger partial charge in [-0.2, -0.15) is 0 Å². The van der Waals surface area contributed by atoms with E-state index in [2.05, 4.69) is 15.5 Å². The van der Waals surface area contributed by atoms with Crippen molar-refractivity contribution in [2.75, 3.05) is 12.8 Å². The fraction of sp³-hybridized carbons (Fsp3) is 0.250. The average molecular weight is 300 g/mol. The first kappa shape index (κ1) is 14.1. The monoisotopic (exact) mass is 300 g/mol. The molecule has 0 radical (unpaired) electrons. The number of benzene rings is 1. The van der Waals surface area contributed by atoms with Gasteiger partial charge in [-0.15, -0.1) is 0 Å². The van der Waals surface area contributed by atoms with Crippen molar-refractivity contribution in [2.24, 2.45) is 0 Å². The molecule has 1 aromatic heterocycles. The van der Waals surface area contributed by atoms with Gasteiger partial charge in [0.05, 0.1) is 5.56 Å². The molecule has 0 amide bonds. The van der Waals surface area contributed by atoms with E-state index in [-0.39, 0.29) is 0 Å². The molecule has 2 aromatic rings. The molecule has 1 aliphatic heterocycles. The molecule has 0 aliphatic carbocycles. The highest BCUT2D eigenvalue weighted by molar-refractivity contribution is 7.96. The lowest BCUT2D eigenvalue weighted by atomic mass is 9.91. The molecule has 0 saturated carbocycles. The number of rotatable bonds is 3. The molecule has 1 N–H and O–H groups in total. The number of fused-ring (bicyclic) bond motifs is 1. The fourth-order valence-electron chi connectivity index (χ4n) is 2.68. The third-order valence-electron chi connectivity index (χ3n) is 3.78. The first-order valence-corrected chi connectivity index (χ1v) is 7.95. The van der Waals surface area contributed by atoms with Crippen molar-refractivity contribution < 1.29 is 9.90 Å². The van der Waals surface area contributed by atoms with Crippen LogP contribution in [0.2, 0.25) is 0 Å². The number of carboxylic acid groups (broad SMARTS) is 1. The summed E-state index contributed by atoms with van der Waals surface area (Å²) in [6, 6.07) is 7.57. The molecule has 3 rings (SSSR count). The molecule has 1 aliphatic rings. The third-order valence-corrected chi connectivity index (χ3v) is 4.61. The van der Waals surface area contributed by atoms with Gasteiger partial charge in [-0.3, -0.25) is 4.98 Å². The summed E-state index contributed by atoms with van der Waals surface area (Å²) in [5.74, 6) is -0.885. The maximum Gasteiger partial charge on any atom is 0.336 e. The third kappa shape index (κ3) is 2.80. The maximum atomic E-state index is 11.6. The van der Waals surface area contributed by atoms with Crippen LogP contribution in [-0.4, -0.2) is 33.2 Å². The number of pyridine rings is 1. The molecule has 0 unspecified atom stereocenters. The van der Waals surface area contributed by atoms with E-state index >= 15 is 0 Å². The van der Waals surface area contributed by atoms with Crippen molar-refractivity contribution in [1.29, 1.82) is 0 Å². The SMILES string of the molecule is CSN1CCc2cc(C(=O)O)c(-c3cccnc3)cc2C1. The molecule has 4 nitrogen and oxygen atoms in total. The van der Waals surface area contributed by atoms with E-state index in [0.29, 0.717) is 5.56 Å². The van der Waals surface area contributed by atoms with Crippen LogP contribution < -0.4 is 0 Å². The largest absolute Gasteiger partial charge is 0.478 e. The fourth-order valence-corrected chi connectivity index (χ4v) is 3.22. The summed E-state index contributed by atoms with van der Waals surface area (Å²) < 4.78 is 2.29. The Bertz CT molecular complexity index is 673. The Morgan fingerprint density at radius 3 is 2.90 bits per heavy atom. The molecule has 5 heteroatoms. The van der Waals surface area contributed by atoms with Gasteiger partial charge in [-0.05, 0) is 47.6 Å². The minimum absolute atomic E-state index is 0.361. The summed E-state index contributed by atoms with van der Waals surface area (Å²) in [4.78, 5) is 15.7. The van der Waals surface area contributed by atoms with Gasteiger partial charge in [-0.25, -0.2) is 9.10 Å². The lowest BCUT2D eigenvalue weighted by molar-refractivity contribution is 0.0697. The van der Waals surface area contributed by atoms with E-state index in [1.54, 1.807) is 24.3 Å². The van der Waals surface area contributed by atoms with Crippen LogP contribution in [0.15, 0.2) is 36.7 Å². The smallest absolute Gasteiger partial charge is 0.336 e. The van der Waals surface area contributed by atoms with Crippen molar-refractivity contribution in [3.05, 3.63) is 53.3 Å². The number of aromatic carboxylic acids is 1. The van der Waals surface area contributed by atoms with E-state index in [0.717, 1.165) is 36.2 Å². The highest BCUT2D eigenvalue weighted by Crippen LogP contribution is 2.31. The number of nitrogens with zero attached hydrogens (tertiary/aromatic N) is 2. The van der Waals surface area contributed by atoms with Crippen LogP contribution in [0.25, 0.3) is 11.1 Å². The topological polar surface area (TPSA) is 53.4 Å². The Morgan fingerprint density at radius 2 is 2.24 bits per heavy atom. The first-order valence-electron chi connectivity index (χ1n) is 6.77. The van der Waals surface area contributed by atoms with Crippen LogP contribution in [0, 0.1) is 0 Å². The highest BCUT2D eigenvalue weighted by Gasteiger charge is 2.21. The number of hydrogen-bond acceptors (Lipinski definition) is 4. The molecule has 0 bridgehead atoms. The van der Waals surface area contributed by atoms with E-state index in [1.807, 2.05) is 24.3 Å². The van der Waals surface area contributed by atoms with Gasteiger partial charge in [0.15, 0.2) is 0 Å². The Balaban J connectivity index is 2.12. The van der Waals surface area contributed by atoms with Gasteiger partial charge in [0.1, 0.15) is 0 Å². The normalized spacial score (nSPS) is 14.7. The van der Waals surface area contributed by atoms with Crippen molar-refractivity contribution in [3.63, 3.8) is 0 Å². The molecule has 0 spiro atoms. The van der Waals surface area contributed by atoms with Gasteiger partial charge in [0.25, 0.3) is 0 Å². The quantitative estimate of drug-likeness (QED) is 0.883. The van der Waals surface area contributed by atoms with Crippen LogP contribution in [0.3, 0.4) is 0 Å². The molecule has 108 valence electrons. The number of aromatic nitrogens is 1. The summed E-state index contributed by atoms with van der Waals surface area (Å²) in [7, 11) is 0. The van der Waals surface area contributed by atoms with Crippen molar-refractivity contribution >= 4 is 17.9 Å². The van der Waals surface area contributed by atoms with Gasteiger partial charge in [-0.1, -0.05) is 18.0 Å². The molecular formula is C16H16N2O2S. The number of carbonyl (C=O) groups is 1. The lowest BCUT2D eigenvalue weighted by Gasteiger charge is -2.27. The Labute approximate surface area is 128 Å². The molecule has 0 fully saturated rings. The zero-order valence-corrected chi connectivity index (χ0v) is 12.6. The maximum absolute atomic E-state index is 11.6. The summed E-state index contributed by atoms with van der Waals surface area (Å²) in [5, 5.41) is 9.49. The zero-order chi connectivity index (χ0) is 14.8. The average Bonchev–Trinajstić information content (AvgIpc) is 2.53. The predicted octanol–water partition coefficient (Wildman–Crippen LogP) is 3.08. The molecular weight excluding hydrogens is 284 g/mol. The van der Waals surface area contributed by atoms with Gasteiger partial charge in [0, 0.05) is 31.0 Å². The molecule has 2 heterocycles. The molecule has 1 aromatic carbocycles. The Kier molecular flexibility index (Phi) is 3.94. The van der Waals surface area contributed by atoms with E-state index in [9.17, 15) is 9.90 Å². The van der Waals surface area contributed by atoms with Crippen LogP contribution in [0.5, 0.6) is 0 Å². The Hall–Kier alpha value is -1.85. The summed E-state index contributed by atoms with van der Waals surface area (Å²) in [5.41, 5.74) is 4.31. The lowest BCUT2D eigenvalue weighted by Crippen LogP contribution is -2.24. The second kappa shape index (κ2) is 5.87. The van der Waals surface area contributed by atoms with Gasteiger partial charge >= 0.3 is 5.97 Å².